The molecule has 0 unspecified atom stereocenters. The number of thiophene rings is 1. The summed E-state index contributed by atoms with van der Waals surface area (Å²) in [5.41, 5.74) is 1.21. The topological polar surface area (TPSA) is 73.1 Å². The lowest BCUT2D eigenvalue weighted by Crippen LogP contribution is -2.41. The first kappa shape index (κ1) is 20.1. The molecule has 4 aromatic rings. The number of aromatic nitrogens is 2. The number of nitrogens with zero attached hydrogens (tertiary/aromatic N) is 2. The van der Waals surface area contributed by atoms with Crippen molar-refractivity contribution in [2.75, 3.05) is 5.32 Å². The summed E-state index contributed by atoms with van der Waals surface area (Å²) >= 11 is 7.22. The number of hydrogen-bond donors (Lipinski definition) is 1. The highest BCUT2D eigenvalue weighted by molar-refractivity contribution is 7.17. The molecule has 8 heteroatoms. The molecule has 0 aliphatic carbocycles. The van der Waals surface area contributed by atoms with Crippen molar-refractivity contribution in [3.05, 3.63) is 97.5 Å². The van der Waals surface area contributed by atoms with Gasteiger partial charge in [0.05, 0.1) is 5.52 Å². The third-order valence-corrected chi connectivity index (χ3v) is 5.84. The molecular weight excluding hydrogens is 422 g/mol. The van der Waals surface area contributed by atoms with Gasteiger partial charge in [0.15, 0.2) is 0 Å². The van der Waals surface area contributed by atoms with Crippen LogP contribution in [0.1, 0.15) is 5.56 Å². The van der Waals surface area contributed by atoms with Crippen LogP contribution in [0.25, 0.3) is 10.2 Å². The van der Waals surface area contributed by atoms with E-state index in [2.05, 4.69) is 5.32 Å². The molecule has 4 rings (SSSR count). The maximum Gasteiger partial charge on any atom is 0.332 e. The van der Waals surface area contributed by atoms with Crippen molar-refractivity contribution < 1.29 is 4.79 Å². The largest absolute Gasteiger partial charge is 0.332 e. The van der Waals surface area contributed by atoms with E-state index in [1.54, 1.807) is 35.7 Å². The van der Waals surface area contributed by atoms with Gasteiger partial charge in [-0.25, -0.2) is 4.79 Å². The van der Waals surface area contributed by atoms with Gasteiger partial charge < -0.3 is 5.32 Å². The van der Waals surface area contributed by atoms with Crippen LogP contribution in [-0.4, -0.2) is 15.0 Å². The highest BCUT2D eigenvalue weighted by atomic mass is 35.5. The zero-order valence-corrected chi connectivity index (χ0v) is 17.4. The molecule has 152 valence electrons. The fraction of sp³-hybridized carbons (Fsp3) is 0.136. The number of hydrogen-bond acceptors (Lipinski definition) is 4. The number of carbonyl (C=O) groups excluding carboxylic acids is 1. The van der Waals surface area contributed by atoms with Crippen LogP contribution in [0.5, 0.6) is 0 Å². The first-order chi connectivity index (χ1) is 14.5. The molecule has 0 saturated carbocycles. The molecule has 0 fully saturated rings. The lowest BCUT2D eigenvalue weighted by Gasteiger charge is -2.12. The van der Waals surface area contributed by atoms with Gasteiger partial charge in [-0.15, -0.1) is 11.3 Å². The molecule has 2 aromatic carbocycles. The number of aryl methyl sites for hydroxylation is 1. The summed E-state index contributed by atoms with van der Waals surface area (Å²) in [6, 6.07) is 18.1. The van der Waals surface area contributed by atoms with Gasteiger partial charge in [-0.2, -0.15) is 0 Å². The first-order valence-corrected chi connectivity index (χ1v) is 10.6. The summed E-state index contributed by atoms with van der Waals surface area (Å²) in [5.74, 6) is -0.375. The SMILES string of the molecule is O=C(Cn1c(=O)n(CCc2ccccc2)c(=O)c2sccc21)Nc1cccc(Cl)c1. The normalized spacial score (nSPS) is 11.0. The third kappa shape index (κ3) is 4.22. The number of benzene rings is 2. The Balaban J connectivity index is 1.65. The molecule has 2 heterocycles. The number of fused-ring (bicyclic) bond motifs is 1. The minimum absolute atomic E-state index is 0.204. The number of halogens is 1. The molecule has 0 atom stereocenters. The van der Waals surface area contributed by atoms with Crippen LogP contribution in [0.3, 0.4) is 0 Å². The van der Waals surface area contributed by atoms with Crippen molar-refractivity contribution in [3.8, 4) is 0 Å². The first-order valence-electron chi connectivity index (χ1n) is 9.33. The summed E-state index contributed by atoms with van der Waals surface area (Å²) < 4.78 is 3.01. The zero-order valence-electron chi connectivity index (χ0n) is 15.9. The lowest BCUT2D eigenvalue weighted by atomic mass is 10.1. The molecule has 0 radical (unpaired) electrons. The molecule has 0 bridgehead atoms. The standard InChI is InChI=1S/C22H18ClN3O3S/c23-16-7-4-8-17(13-16)24-19(27)14-26-18-10-12-30-20(18)21(28)25(22(26)29)11-9-15-5-2-1-3-6-15/h1-8,10,12-13H,9,11,14H2,(H,24,27). The zero-order chi connectivity index (χ0) is 21.1. The summed E-state index contributed by atoms with van der Waals surface area (Å²) in [4.78, 5) is 38.5. The molecule has 1 amide bonds. The van der Waals surface area contributed by atoms with Crippen LogP contribution >= 0.6 is 22.9 Å². The molecule has 0 saturated heterocycles. The molecule has 0 aliphatic heterocycles. The van der Waals surface area contributed by atoms with Crippen molar-refractivity contribution in [1.82, 2.24) is 9.13 Å². The fourth-order valence-electron chi connectivity index (χ4n) is 3.28. The molecule has 1 N–H and O–H groups in total. The minimum Gasteiger partial charge on any atom is -0.324 e. The van der Waals surface area contributed by atoms with Crippen LogP contribution in [-0.2, 0) is 24.3 Å². The van der Waals surface area contributed by atoms with Gasteiger partial charge in [-0.1, -0.05) is 48.0 Å². The smallest absolute Gasteiger partial charge is 0.324 e. The predicted molar refractivity (Wildman–Crippen MR) is 121 cm³/mol. The van der Waals surface area contributed by atoms with E-state index in [1.807, 2.05) is 30.3 Å². The van der Waals surface area contributed by atoms with Gasteiger partial charge in [0.2, 0.25) is 5.91 Å². The van der Waals surface area contributed by atoms with E-state index in [9.17, 15) is 14.4 Å². The van der Waals surface area contributed by atoms with Crippen molar-refractivity contribution in [2.24, 2.45) is 0 Å². The van der Waals surface area contributed by atoms with Crippen LogP contribution < -0.4 is 16.6 Å². The monoisotopic (exact) mass is 439 g/mol. The minimum atomic E-state index is -0.497. The molecular formula is C22H18ClN3O3S. The van der Waals surface area contributed by atoms with Crippen LogP contribution in [0.15, 0.2) is 75.6 Å². The Kier molecular flexibility index (Phi) is 5.83. The molecule has 0 spiro atoms. The summed E-state index contributed by atoms with van der Waals surface area (Å²) in [5, 5.41) is 4.99. The second-order valence-electron chi connectivity index (χ2n) is 6.75. The van der Waals surface area contributed by atoms with Crippen LogP contribution in [0, 0.1) is 0 Å². The van der Waals surface area contributed by atoms with Gasteiger partial charge in [0, 0.05) is 17.3 Å². The highest BCUT2D eigenvalue weighted by Gasteiger charge is 2.16. The Morgan fingerprint density at radius 2 is 1.80 bits per heavy atom. The number of nitrogens with one attached hydrogen (secondary N) is 1. The number of rotatable bonds is 6. The number of amides is 1. The molecule has 6 nitrogen and oxygen atoms in total. The number of carbonyl (C=O) groups is 1. The average molecular weight is 440 g/mol. The fourth-order valence-corrected chi connectivity index (χ4v) is 4.31. The van der Waals surface area contributed by atoms with E-state index in [1.165, 1.54) is 20.5 Å². The second kappa shape index (κ2) is 8.69. The Hall–Kier alpha value is -3.16. The summed E-state index contributed by atoms with van der Waals surface area (Å²) in [6.07, 6.45) is 0.543. The van der Waals surface area contributed by atoms with Crippen molar-refractivity contribution in [2.45, 2.75) is 19.5 Å². The Morgan fingerprint density at radius 1 is 1.00 bits per heavy atom. The van der Waals surface area contributed by atoms with E-state index in [4.69, 9.17) is 11.6 Å². The quantitative estimate of drug-likeness (QED) is 0.497. The lowest BCUT2D eigenvalue weighted by molar-refractivity contribution is -0.116. The van der Waals surface area contributed by atoms with E-state index < -0.39 is 5.69 Å². The highest BCUT2D eigenvalue weighted by Crippen LogP contribution is 2.17. The van der Waals surface area contributed by atoms with Crippen molar-refractivity contribution in [1.29, 1.82) is 0 Å². The van der Waals surface area contributed by atoms with Crippen molar-refractivity contribution >= 4 is 44.7 Å². The molecule has 0 aliphatic rings. The van der Waals surface area contributed by atoms with Gasteiger partial charge in [-0.05, 0) is 41.6 Å². The van der Waals surface area contributed by atoms with Gasteiger partial charge >= 0.3 is 5.69 Å². The Bertz CT molecular complexity index is 1320. The Morgan fingerprint density at radius 3 is 2.57 bits per heavy atom. The van der Waals surface area contributed by atoms with Crippen molar-refractivity contribution in [3.63, 3.8) is 0 Å². The van der Waals surface area contributed by atoms with E-state index in [-0.39, 0.29) is 24.6 Å². The molecule has 30 heavy (non-hydrogen) atoms. The van der Waals surface area contributed by atoms with E-state index >= 15 is 0 Å². The third-order valence-electron chi connectivity index (χ3n) is 4.71. The van der Waals surface area contributed by atoms with Gasteiger partial charge in [0.1, 0.15) is 11.2 Å². The summed E-state index contributed by atoms with van der Waals surface area (Å²) in [7, 11) is 0. The second-order valence-corrected chi connectivity index (χ2v) is 8.11. The maximum atomic E-state index is 13.1. The van der Waals surface area contributed by atoms with Crippen LogP contribution in [0.4, 0.5) is 5.69 Å². The number of anilines is 1. The van der Waals surface area contributed by atoms with Gasteiger partial charge in [-0.3, -0.25) is 18.7 Å². The average Bonchev–Trinajstić information content (AvgIpc) is 3.22. The summed E-state index contributed by atoms with van der Waals surface area (Å²) in [6.45, 7) is 0.0373. The molecule has 2 aromatic heterocycles. The van der Waals surface area contributed by atoms with Crippen LogP contribution in [0.2, 0.25) is 5.02 Å². The van der Waals surface area contributed by atoms with E-state index in [0.29, 0.717) is 27.3 Å². The predicted octanol–water partition coefficient (Wildman–Crippen LogP) is 3.76. The Labute approximate surface area is 181 Å². The van der Waals surface area contributed by atoms with E-state index in [0.717, 1.165) is 5.56 Å². The van der Waals surface area contributed by atoms with Gasteiger partial charge in [0.25, 0.3) is 5.56 Å². The maximum absolute atomic E-state index is 13.1.